The van der Waals surface area contributed by atoms with Gasteiger partial charge in [0.05, 0.1) is 19.8 Å². The maximum Gasteiger partial charge on any atom is 0.472 e. The van der Waals surface area contributed by atoms with Gasteiger partial charge in [-0.1, -0.05) is 197 Å². The monoisotopic (exact) mass is 864 g/mol. The molecule has 0 amide bonds. The first-order chi connectivity index (χ1) is 29.4. The third-order valence-electron chi connectivity index (χ3n) is 10.4. The van der Waals surface area contributed by atoms with Crippen molar-refractivity contribution in [3.63, 3.8) is 0 Å². The lowest BCUT2D eigenvalue weighted by atomic mass is 10.1. The summed E-state index contributed by atoms with van der Waals surface area (Å²) in [6, 6.07) is 0. The number of rotatable bonds is 47. The van der Waals surface area contributed by atoms with Crippen molar-refractivity contribution in [2.24, 2.45) is 5.73 Å². The fraction of sp³-hybridized carbons (Fsp3) is 0.784. The molecule has 2 atom stereocenters. The van der Waals surface area contributed by atoms with Crippen LogP contribution in [0, 0.1) is 0 Å². The number of phosphoric ester groups is 1. The van der Waals surface area contributed by atoms with Gasteiger partial charge in [0.2, 0.25) is 0 Å². The van der Waals surface area contributed by atoms with Crippen molar-refractivity contribution in [2.45, 2.75) is 225 Å². The SMILES string of the molecule is CC/C=C\C/C=C\C/C=C\C/C=C\CCCCCCCCCOCC(COP(=O)(O)OCCN)OC(=O)CCCCCCCCCCC/C=C\CCCCCCCCCC. The van der Waals surface area contributed by atoms with Crippen molar-refractivity contribution < 1.29 is 32.8 Å². The summed E-state index contributed by atoms with van der Waals surface area (Å²) in [6.07, 6.45) is 59.6. The van der Waals surface area contributed by atoms with Crippen molar-refractivity contribution in [1.29, 1.82) is 0 Å². The lowest BCUT2D eigenvalue weighted by molar-refractivity contribution is -0.154. The number of hydrogen-bond acceptors (Lipinski definition) is 7. The molecule has 0 radical (unpaired) electrons. The highest BCUT2D eigenvalue weighted by Crippen LogP contribution is 2.43. The summed E-state index contributed by atoms with van der Waals surface area (Å²) in [6.45, 7) is 4.80. The first-order valence-corrected chi connectivity index (χ1v) is 26.3. The third-order valence-corrected chi connectivity index (χ3v) is 11.4. The molecular formula is C51H94NO7P. The Balaban J connectivity index is 3.99. The van der Waals surface area contributed by atoms with Crippen LogP contribution in [0.4, 0.5) is 0 Å². The molecular weight excluding hydrogens is 770 g/mol. The normalized spacial score (nSPS) is 13.9. The van der Waals surface area contributed by atoms with E-state index in [1.807, 2.05) is 0 Å². The van der Waals surface area contributed by atoms with E-state index in [0.29, 0.717) is 13.0 Å². The van der Waals surface area contributed by atoms with Crippen LogP contribution in [0.3, 0.4) is 0 Å². The molecule has 2 unspecified atom stereocenters. The lowest BCUT2D eigenvalue weighted by Gasteiger charge is -2.20. The fourth-order valence-corrected chi connectivity index (χ4v) is 7.57. The second-order valence-corrected chi connectivity index (χ2v) is 17.7. The maximum atomic E-state index is 12.6. The number of phosphoric acid groups is 1. The topological polar surface area (TPSA) is 117 Å². The van der Waals surface area contributed by atoms with Gasteiger partial charge in [-0.3, -0.25) is 13.8 Å². The Labute approximate surface area is 370 Å². The fourth-order valence-electron chi connectivity index (χ4n) is 6.81. The molecule has 0 saturated carbocycles. The van der Waals surface area contributed by atoms with Gasteiger partial charge >= 0.3 is 13.8 Å². The van der Waals surface area contributed by atoms with Gasteiger partial charge in [-0.15, -0.1) is 0 Å². The van der Waals surface area contributed by atoms with Gasteiger partial charge < -0.3 is 20.1 Å². The number of nitrogens with two attached hydrogens (primary N) is 1. The highest BCUT2D eigenvalue weighted by Gasteiger charge is 2.25. The van der Waals surface area contributed by atoms with E-state index in [-0.39, 0.29) is 32.3 Å². The van der Waals surface area contributed by atoms with Crippen LogP contribution < -0.4 is 5.73 Å². The van der Waals surface area contributed by atoms with Gasteiger partial charge in [-0.05, 0) is 77.0 Å². The van der Waals surface area contributed by atoms with Crippen LogP contribution in [-0.2, 0) is 27.9 Å². The number of carbonyl (C=O) groups excluding carboxylic acids is 1. The smallest absolute Gasteiger partial charge is 0.457 e. The van der Waals surface area contributed by atoms with E-state index in [1.165, 1.54) is 135 Å². The maximum absolute atomic E-state index is 12.6. The minimum Gasteiger partial charge on any atom is -0.457 e. The molecule has 0 bridgehead atoms. The van der Waals surface area contributed by atoms with Gasteiger partial charge in [0, 0.05) is 19.6 Å². The number of hydrogen-bond donors (Lipinski definition) is 2. The summed E-state index contributed by atoms with van der Waals surface area (Å²) < 4.78 is 33.6. The summed E-state index contributed by atoms with van der Waals surface area (Å²) in [5.41, 5.74) is 5.38. The molecule has 0 fully saturated rings. The second kappa shape index (κ2) is 48.2. The molecule has 350 valence electrons. The number of carbonyl (C=O) groups is 1. The van der Waals surface area contributed by atoms with E-state index in [9.17, 15) is 14.3 Å². The molecule has 0 aromatic heterocycles. The van der Waals surface area contributed by atoms with E-state index >= 15 is 0 Å². The van der Waals surface area contributed by atoms with Gasteiger partial charge in [0.25, 0.3) is 0 Å². The van der Waals surface area contributed by atoms with Crippen LogP contribution in [-0.4, -0.2) is 49.9 Å². The Morgan fingerprint density at radius 1 is 0.517 bits per heavy atom. The van der Waals surface area contributed by atoms with E-state index in [0.717, 1.165) is 64.2 Å². The highest BCUT2D eigenvalue weighted by molar-refractivity contribution is 7.47. The van der Waals surface area contributed by atoms with Gasteiger partial charge in [0.1, 0.15) is 6.10 Å². The van der Waals surface area contributed by atoms with E-state index in [1.54, 1.807) is 0 Å². The molecule has 0 aliphatic heterocycles. The average Bonchev–Trinajstić information content (AvgIpc) is 3.24. The minimum absolute atomic E-state index is 0.0960. The largest absolute Gasteiger partial charge is 0.472 e. The number of allylic oxidation sites excluding steroid dienone is 10. The van der Waals surface area contributed by atoms with Crippen LogP contribution in [0.2, 0.25) is 0 Å². The molecule has 0 spiro atoms. The van der Waals surface area contributed by atoms with Crippen LogP contribution >= 0.6 is 7.82 Å². The Morgan fingerprint density at radius 2 is 0.933 bits per heavy atom. The van der Waals surface area contributed by atoms with Crippen molar-refractivity contribution >= 4 is 13.8 Å². The molecule has 3 N–H and O–H groups in total. The Hall–Kier alpha value is -1.80. The molecule has 0 aromatic rings. The summed E-state index contributed by atoms with van der Waals surface area (Å²) in [5.74, 6) is -0.336. The zero-order chi connectivity index (χ0) is 43.7. The Bertz CT molecular complexity index is 1110. The van der Waals surface area contributed by atoms with Crippen molar-refractivity contribution in [1.82, 2.24) is 0 Å². The second-order valence-electron chi connectivity index (χ2n) is 16.3. The van der Waals surface area contributed by atoms with Gasteiger partial charge in [-0.25, -0.2) is 4.57 Å². The highest BCUT2D eigenvalue weighted by atomic mass is 31.2. The van der Waals surface area contributed by atoms with Gasteiger partial charge in [0.15, 0.2) is 0 Å². The van der Waals surface area contributed by atoms with Gasteiger partial charge in [-0.2, -0.15) is 0 Å². The Kier molecular flexibility index (Phi) is 46.8. The van der Waals surface area contributed by atoms with Crippen molar-refractivity contribution in [3.8, 4) is 0 Å². The molecule has 0 aliphatic carbocycles. The molecule has 0 aliphatic rings. The van der Waals surface area contributed by atoms with Crippen LogP contribution in [0.5, 0.6) is 0 Å². The zero-order valence-corrected chi connectivity index (χ0v) is 39.8. The molecule has 9 heteroatoms. The number of unbranched alkanes of at least 4 members (excludes halogenated alkanes) is 24. The molecule has 60 heavy (non-hydrogen) atoms. The lowest BCUT2D eigenvalue weighted by Crippen LogP contribution is -2.28. The first kappa shape index (κ1) is 58.2. The predicted molar refractivity (Wildman–Crippen MR) is 256 cm³/mol. The van der Waals surface area contributed by atoms with Crippen molar-refractivity contribution in [2.75, 3.05) is 33.0 Å². The summed E-state index contributed by atoms with van der Waals surface area (Å²) in [5, 5.41) is 0. The first-order valence-electron chi connectivity index (χ1n) is 24.8. The Morgan fingerprint density at radius 3 is 1.42 bits per heavy atom. The molecule has 0 rings (SSSR count). The predicted octanol–water partition coefficient (Wildman–Crippen LogP) is 15.3. The van der Waals surface area contributed by atoms with E-state index in [2.05, 4.69) is 74.6 Å². The standard InChI is InChI=1S/C51H94NO7P/c1-3-5-7-9-11-13-15-17-19-21-23-25-26-28-30-32-34-36-38-40-42-44-51(53)59-50(49-58-60(54,55)57-47-45-52)48-56-46-43-41-39-37-35-33-31-29-27-24-22-20-18-16-14-12-10-8-6-4-2/h6,8,12,14,18,20-21,23-24,27,50H,3-5,7,9-11,13,15-17,19,22,25-26,28-49,52H2,1-2H3,(H,54,55)/b8-6-,14-12-,20-18-,23-21-,27-24-. The molecule has 0 aromatic carbocycles. The molecule has 0 heterocycles. The summed E-state index contributed by atoms with van der Waals surface area (Å²) in [7, 11) is -4.29. The number of ether oxygens (including phenoxy) is 2. The molecule has 8 nitrogen and oxygen atoms in total. The van der Waals surface area contributed by atoms with Crippen LogP contribution in [0.1, 0.15) is 219 Å². The van der Waals surface area contributed by atoms with E-state index in [4.69, 9.17) is 24.3 Å². The summed E-state index contributed by atoms with van der Waals surface area (Å²) >= 11 is 0. The van der Waals surface area contributed by atoms with Crippen LogP contribution in [0.25, 0.3) is 0 Å². The van der Waals surface area contributed by atoms with Crippen molar-refractivity contribution in [3.05, 3.63) is 60.8 Å². The average molecular weight is 864 g/mol. The van der Waals surface area contributed by atoms with E-state index < -0.39 is 13.9 Å². The van der Waals surface area contributed by atoms with Crippen LogP contribution in [0.15, 0.2) is 60.8 Å². The zero-order valence-electron chi connectivity index (χ0n) is 38.9. The quantitative estimate of drug-likeness (QED) is 0.0269. The molecule has 0 saturated heterocycles. The number of esters is 1. The third kappa shape index (κ3) is 47.3. The summed E-state index contributed by atoms with van der Waals surface area (Å²) in [4.78, 5) is 22.6. The minimum atomic E-state index is -4.29.